The summed E-state index contributed by atoms with van der Waals surface area (Å²) < 4.78 is 0. The fourth-order valence-electron chi connectivity index (χ4n) is 3.72. The predicted molar refractivity (Wildman–Crippen MR) is 130 cm³/mol. The van der Waals surface area contributed by atoms with Crippen LogP contribution in [0.3, 0.4) is 0 Å². The second-order valence-corrected chi connectivity index (χ2v) is 8.94. The quantitative estimate of drug-likeness (QED) is 0.438. The van der Waals surface area contributed by atoms with Crippen LogP contribution in [0.25, 0.3) is 11.1 Å². The summed E-state index contributed by atoms with van der Waals surface area (Å²) in [6.45, 7) is 0. The van der Waals surface area contributed by atoms with Gasteiger partial charge in [0, 0.05) is 31.0 Å². The lowest BCUT2D eigenvalue weighted by Gasteiger charge is -2.24. The van der Waals surface area contributed by atoms with Crippen LogP contribution >= 0.6 is 7.92 Å². The van der Waals surface area contributed by atoms with Gasteiger partial charge in [-0.05, 0) is 41.5 Å². The molecule has 0 aliphatic rings. The molecule has 0 aromatic heterocycles. The summed E-state index contributed by atoms with van der Waals surface area (Å²) in [5.74, 6) is 0. The van der Waals surface area contributed by atoms with Gasteiger partial charge < -0.3 is 10.6 Å². The molecular formula is C26H25N2P. The second-order valence-electron chi connectivity index (χ2n) is 6.75. The van der Waals surface area contributed by atoms with E-state index in [0.29, 0.717) is 0 Å². The predicted octanol–water partition coefficient (Wildman–Crippen LogP) is 5.20. The molecule has 0 amide bonds. The first-order valence-electron chi connectivity index (χ1n) is 9.81. The number of hydrogen-bond acceptors (Lipinski definition) is 2. The van der Waals surface area contributed by atoms with Crippen molar-refractivity contribution < 1.29 is 0 Å². The summed E-state index contributed by atoms with van der Waals surface area (Å²) in [5.41, 5.74) is 4.73. The van der Waals surface area contributed by atoms with Crippen LogP contribution in [0, 0.1) is 0 Å². The Hall–Kier alpha value is -3.09. The Morgan fingerprint density at radius 3 is 1.52 bits per heavy atom. The van der Waals surface area contributed by atoms with Crippen LogP contribution in [0.1, 0.15) is 0 Å². The number of benzene rings is 4. The smallest absolute Gasteiger partial charge is 0.0438 e. The molecule has 2 nitrogen and oxygen atoms in total. The van der Waals surface area contributed by atoms with E-state index in [1.165, 1.54) is 27.0 Å². The van der Waals surface area contributed by atoms with Crippen LogP contribution in [0.2, 0.25) is 0 Å². The van der Waals surface area contributed by atoms with Crippen LogP contribution in [0.15, 0.2) is 103 Å². The summed E-state index contributed by atoms with van der Waals surface area (Å²) in [7, 11) is 3.29. The van der Waals surface area contributed by atoms with E-state index in [2.05, 4.69) is 114 Å². The molecule has 0 aliphatic carbocycles. The summed E-state index contributed by atoms with van der Waals surface area (Å²) in [6.07, 6.45) is 0. The molecule has 4 aromatic rings. The van der Waals surface area contributed by atoms with E-state index in [1.54, 1.807) is 0 Å². The van der Waals surface area contributed by atoms with Gasteiger partial charge in [-0.15, -0.1) is 0 Å². The lowest BCUT2D eigenvalue weighted by atomic mass is 10.0. The average Bonchev–Trinajstić information content (AvgIpc) is 2.80. The zero-order valence-corrected chi connectivity index (χ0v) is 17.7. The van der Waals surface area contributed by atoms with Crippen LogP contribution in [-0.4, -0.2) is 14.1 Å². The molecule has 29 heavy (non-hydrogen) atoms. The molecule has 0 bridgehead atoms. The van der Waals surface area contributed by atoms with Gasteiger partial charge in [0.1, 0.15) is 0 Å². The summed E-state index contributed by atoms with van der Waals surface area (Å²) in [5, 5.41) is 10.8. The molecule has 0 heterocycles. The highest BCUT2D eigenvalue weighted by Gasteiger charge is 2.22. The van der Waals surface area contributed by atoms with E-state index in [1.807, 2.05) is 14.1 Å². The largest absolute Gasteiger partial charge is 0.388 e. The first-order chi connectivity index (χ1) is 14.3. The molecule has 0 unspecified atom stereocenters. The average molecular weight is 396 g/mol. The Kier molecular flexibility index (Phi) is 5.93. The number of hydrogen-bond donors (Lipinski definition) is 2. The highest BCUT2D eigenvalue weighted by Crippen LogP contribution is 2.41. The number of anilines is 2. The number of rotatable bonds is 6. The Labute approximate surface area is 174 Å². The third-order valence-electron chi connectivity index (χ3n) is 5.05. The van der Waals surface area contributed by atoms with E-state index in [9.17, 15) is 0 Å². The maximum atomic E-state index is 3.38. The number of nitrogens with one attached hydrogen (secondary N) is 2. The first-order valence-corrected chi connectivity index (χ1v) is 11.2. The highest BCUT2D eigenvalue weighted by atomic mass is 31.1. The Morgan fingerprint density at radius 1 is 0.517 bits per heavy atom. The molecular weight excluding hydrogens is 371 g/mol. The second kappa shape index (κ2) is 8.94. The zero-order chi connectivity index (χ0) is 20.1. The Balaban J connectivity index is 1.99. The van der Waals surface area contributed by atoms with Gasteiger partial charge in [-0.3, -0.25) is 0 Å². The minimum absolute atomic E-state index is 0.681. The van der Waals surface area contributed by atoms with Crippen molar-refractivity contribution in [1.82, 2.24) is 0 Å². The summed E-state index contributed by atoms with van der Waals surface area (Å²) >= 11 is 0. The van der Waals surface area contributed by atoms with Crippen molar-refractivity contribution in [3.8, 4) is 11.1 Å². The molecule has 0 saturated heterocycles. The zero-order valence-electron chi connectivity index (χ0n) is 16.8. The molecule has 4 rings (SSSR count). The van der Waals surface area contributed by atoms with Gasteiger partial charge in [0.25, 0.3) is 0 Å². The SMILES string of the molecule is CNc1cccc(NC)c1-c1ccccc1P(c1ccccc1)c1ccccc1. The lowest BCUT2D eigenvalue weighted by Crippen LogP contribution is -2.22. The van der Waals surface area contributed by atoms with Gasteiger partial charge in [0.2, 0.25) is 0 Å². The van der Waals surface area contributed by atoms with Crippen molar-refractivity contribution in [3.05, 3.63) is 103 Å². The fraction of sp³-hybridized carbons (Fsp3) is 0.0769. The maximum absolute atomic E-state index is 3.38. The molecule has 2 N–H and O–H groups in total. The topological polar surface area (TPSA) is 24.1 Å². The normalized spacial score (nSPS) is 10.7. The van der Waals surface area contributed by atoms with Gasteiger partial charge in [-0.25, -0.2) is 0 Å². The van der Waals surface area contributed by atoms with Gasteiger partial charge in [0.15, 0.2) is 0 Å². The van der Waals surface area contributed by atoms with Crippen molar-refractivity contribution in [2.45, 2.75) is 0 Å². The third kappa shape index (κ3) is 3.90. The van der Waals surface area contributed by atoms with E-state index < -0.39 is 7.92 Å². The minimum atomic E-state index is -0.681. The molecule has 4 aromatic carbocycles. The van der Waals surface area contributed by atoms with Crippen molar-refractivity contribution in [3.63, 3.8) is 0 Å². The van der Waals surface area contributed by atoms with Gasteiger partial charge in [0.05, 0.1) is 0 Å². The molecule has 0 atom stereocenters. The highest BCUT2D eigenvalue weighted by molar-refractivity contribution is 7.80. The van der Waals surface area contributed by atoms with Crippen molar-refractivity contribution in [2.75, 3.05) is 24.7 Å². The molecule has 0 aliphatic heterocycles. The van der Waals surface area contributed by atoms with Crippen molar-refractivity contribution >= 4 is 35.2 Å². The van der Waals surface area contributed by atoms with Crippen LogP contribution in [0.4, 0.5) is 11.4 Å². The molecule has 0 saturated carbocycles. The lowest BCUT2D eigenvalue weighted by molar-refractivity contribution is 1.46. The van der Waals surface area contributed by atoms with E-state index in [-0.39, 0.29) is 0 Å². The summed E-state index contributed by atoms with van der Waals surface area (Å²) in [4.78, 5) is 0. The maximum Gasteiger partial charge on any atom is 0.0438 e. The first kappa shape index (κ1) is 19.2. The van der Waals surface area contributed by atoms with Crippen molar-refractivity contribution in [2.24, 2.45) is 0 Å². The Morgan fingerprint density at radius 2 is 1.00 bits per heavy atom. The van der Waals surface area contributed by atoms with E-state index in [0.717, 1.165) is 11.4 Å². The third-order valence-corrected chi connectivity index (χ3v) is 7.55. The van der Waals surface area contributed by atoms with Gasteiger partial charge in [-0.1, -0.05) is 91.0 Å². The molecule has 0 spiro atoms. The van der Waals surface area contributed by atoms with E-state index in [4.69, 9.17) is 0 Å². The fourth-order valence-corrected chi connectivity index (χ4v) is 6.18. The monoisotopic (exact) mass is 396 g/mol. The molecule has 3 heteroatoms. The van der Waals surface area contributed by atoms with Gasteiger partial charge >= 0.3 is 0 Å². The van der Waals surface area contributed by atoms with Crippen molar-refractivity contribution in [1.29, 1.82) is 0 Å². The molecule has 144 valence electrons. The summed E-state index contributed by atoms with van der Waals surface area (Å²) in [6, 6.07) is 36.9. The van der Waals surface area contributed by atoms with Crippen LogP contribution < -0.4 is 26.5 Å². The van der Waals surface area contributed by atoms with Crippen LogP contribution in [0.5, 0.6) is 0 Å². The minimum Gasteiger partial charge on any atom is -0.388 e. The molecule has 0 fully saturated rings. The standard InChI is InChI=1S/C26H25N2P/c1-27-23-17-11-18-24(28-2)26(23)22-16-9-10-19-25(22)29(20-12-5-3-6-13-20)21-14-7-4-8-15-21/h3-19,27-28H,1-2H3. The molecule has 0 radical (unpaired) electrons. The Bertz CT molecular complexity index is 1020. The van der Waals surface area contributed by atoms with Gasteiger partial charge in [-0.2, -0.15) is 0 Å². The van der Waals surface area contributed by atoms with Crippen LogP contribution in [-0.2, 0) is 0 Å². The van der Waals surface area contributed by atoms with E-state index >= 15 is 0 Å².